The van der Waals surface area contributed by atoms with Crippen molar-refractivity contribution in [2.45, 2.75) is 33.6 Å². The lowest BCUT2D eigenvalue weighted by molar-refractivity contribution is 0.0912. The van der Waals surface area contributed by atoms with E-state index in [0.29, 0.717) is 0 Å². The van der Waals surface area contributed by atoms with Crippen molar-refractivity contribution in [3.8, 4) is 0 Å². The zero-order valence-corrected chi connectivity index (χ0v) is 11.1. The van der Waals surface area contributed by atoms with Crippen LogP contribution in [0.4, 0.5) is 0 Å². The van der Waals surface area contributed by atoms with Crippen molar-refractivity contribution < 1.29 is 4.79 Å². The van der Waals surface area contributed by atoms with Crippen molar-refractivity contribution in [3.05, 3.63) is 33.8 Å². The Hall–Kier alpha value is -0.630. The van der Waals surface area contributed by atoms with E-state index in [1.807, 2.05) is 25.1 Å². The third kappa shape index (κ3) is 2.69. The molecule has 1 nitrogen and oxygen atoms in total. The molecule has 0 aliphatic carbocycles. The lowest BCUT2D eigenvalue weighted by Gasteiger charge is -2.13. The van der Waals surface area contributed by atoms with E-state index in [4.69, 9.17) is 0 Å². The SMILES string of the molecule is CCC(CC)C(=O)c1cccc(C)c1Br. The van der Waals surface area contributed by atoms with Gasteiger partial charge in [0.05, 0.1) is 0 Å². The predicted molar refractivity (Wildman–Crippen MR) is 67.3 cm³/mol. The van der Waals surface area contributed by atoms with Gasteiger partial charge in [0.2, 0.25) is 0 Å². The molecule has 0 saturated carbocycles. The number of aryl methyl sites for hydroxylation is 1. The molecular weight excluding hydrogens is 252 g/mol. The summed E-state index contributed by atoms with van der Waals surface area (Å²) in [5.41, 5.74) is 1.94. The first-order valence-electron chi connectivity index (χ1n) is 5.41. The maximum atomic E-state index is 12.1. The van der Waals surface area contributed by atoms with Crippen LogP contribution < -0.4 is 0 Å². The highest BCUT2D eigenvalue weighted by molar-refractivity contribution is 9.10. The van der Waals surface area contributed by atoms with E-state index in [1.54, 1.807) is 0 Å². The van der Waals surface area contributed by atoms with Gasteiger partial charge in [-0.1, -0.05) is 32.0 Å². The first-order valence-corrected chi connectivity index (χ1v) is 6.20. The van der Waals surface area contributed by atoms with Crippen LogP contribution in [0.2, 0.25) is 0 Å². The number of benzene rings is 1. The fourth-order valence-electron chi connectivity index (χ4n) is 1.72. The number of rotatable bonds is 4. The Balaban J connectivity index is 3.05. The Bertz CT molecular complexity index is 354. The van der Waals surface area contributed by atoms with Gasteiger partial charge in [-0.15, -0.1) is 0 Å². The second kappa shape index (κ2) is 5.45. The van der Waals surface area contributed by atoms with E-state index in [0.717, 1.165) is 28.4 Å². The number of halogens is 1. The fraction of sp³-hybridized carbons (Fsp3) is 0.462. The minimum absolute atomic E-state index is 0.156. The lowest BCUT2D eigenvalue weighted by atomic mass is 9.92. The monoisotopic (exact) mass is 268 g/mol. The van der Waals surface area contributed by atoms with Crippen LogP contribution in [0.1, 0.15) is 42.6 Å². The third-order valence-corrected chi connectivity index (χ3v) is 3.87. The van der Waals surface area contributed by atoms with Crippen LogP contribution in [0, 0.1) is 12.8 Å². The molecule has 0 aliphatic heterocycles. The number of hydrogen-bond donors (Lipinski definition) is 0. The smallest absolute Gasteiger partial charge is 0.167 e. The molecule has 1 aromatic rings. The molecular formula is C13H17BrO. The number of hydrogen-bond acceptors (Lipinski definition) is 1. The van der Waals surface area contributed by atoms with Crippen LogP contribution in [0.25, 0.3) is 0 Å². The summed E-state index contributed by atoms with van der Waals surface area (Å²) in [6.45, 7) is 6.14. The average molecular weight is 269 g/mol. The third-order valence-electron chi connectivity index (χ3n) is 2.81. The minimum Gasteiger partial charge on any atom is -0.294 e. The van der Waals surface area contributed by atoms with Gasteiger partial charge in [0.15, 0.2) is 5.78 Å². The molecule has 1 aromatic carbocycles. The molecule has 0 saturated heterocycles. The van der Waals surface area contributed by atoms with Crippen LogP contribution in [-0.2, 0) is 0 Å². The molecule has 0 bridgehead atoms. The topological polar surface area (TPSA) is 17.1 Å². The molecule has 0 fully saturated rings. The lowest BCUT2D eigenvalue weighted by Crippen LogP contribution is -2.13. The summed E-state index contributed by atoms with van der Waals surface area (Å²) in [6.07, 6.45) is 1.82. The van der Waals surface area contributed by atoms with Crippen LogP contribution in [0.15, 0.2) is 22.7 Å². The first kappa shape index (κ1) is 12.4. The maximum Gasteiger partial charge on any atom is 0.167 e. The van der Waals surface area contributed by atoms with Gasteiger partial charge in [-0.05, 0) is 41.3 Å². The maximum absolute atomic E-state index is 12.1. The molecule has 0 unspecified atom stereocenters. The van der Waals surface area contributed by atoms with Gasteiger partial charge in [0.1, 0.15) is 0 Å². The number of carbonyl (C=O) groups is 1. The Morgan fingerprint density at radius 3 is 2.47 bits per heavy atom. The molecule has 0 heterocycles. The van der Waals surface area contributed by atoms with E-state index in [-0.39, 0.29) is 11.7 Å². The Labute approximate surface area is 100 Å². The Kier molecular flexibility index (Phi) is 4.52. The summed E-state index contributed by atoms with van der Waals surface area (Å²) >= 11 is 3.49. The predicted octanol–water partition coefficient (Wildman–Crippen LogP) is 4.38. The minimum atomic E-state index is 0.156. The van der Waals surface area contributed by atoms with E-state index in [9.17, 15) is 4.79 Å². The molecule has 82 valence electrons. The molecule has 0 aromatic heterocycles. The van der Waals surface area contributed by atoms with Crippen molar-refractivity contribution in [1.82, 2.24) is 0 Å². The summed E-state index contributed by atoms with van der Waals surface area (Å²) in [5.74, 6) is 0.415. The van der Waals surface area contributed by atoms with E-state index in [2.05, 4.69) is 29.8 Å². The van der Waals surface area contributed by atoms with Crippen molar-refractivity contribution in [2.24, 2.45) is 5.92 Å². The Morgan fingerprint density at radius 1 is 1.33 bits per heavy atom. The van der Waals surface area contributed by atoms with E-state index in [1.165, 1.54) is 0 Å². The zero-order chi connectivity index (χ0) is 11.4. The summed E-state index contributed by atoms with van der Waals surface area (Å²) in [7, 11) is 0. The number of carbonyl (C=O) groups excluding carboxylic acids is 1. The first-order chi connectivity index (χ1) is 7.11. The summed E-state index contributed by atoms with van der Waals surface area (Å²) < 4.78 is 0.946. The number of ketones is 1. The molecule has 0 spiro atoms. The van der Waals surface area contributed by atoms with Gasteiger partial charge in [0.25, 0.3) is 0 Å². The molecule has 15 heavy (non-hydrogen) atoms. The van der Waals surface area contributed by atoms with Gasteiger partial charge in [-0.3, -0.25) is 4.79 Å². The normalized spacial score (nSPS) is 10.7. The standard InChI is InChI=1S/C13H17BrO/c1-4-10(5-2)13(15)11-8-6-7-9(3)12(11)14/h6-8,10H,4-5H2,1-3H3. The zero-order valence-electron chi connectivity index (χ0n) is 9.51. The second-order valence-electron chi connectivity index (χ2n) is 3.81. The largest absolute Gasteiger partial charge is 0.294 e. The van der Waals surface area contributed by atoms with Crippen LogP contribution in [0.5, 0.6) is 0 Å². The molecule has 0 atom stereocenters. The highest BCUT2D eigenvalue weighted by Crippen LogP contribution is 2.25. The van der Waals surface area contributed by atoms with Gasteiger partial charge < -0.3 is 0 Å². The molecule has 0 amide bonds. The summed E-state index contributed by atoms with van der Waals surface area (Å²) in [5, 5.41) is 0. The van der Waals surface area contributed by atoms with Gasteiger partial charge in [-0.2, -0.15) is 0 Å². The average Bonchev–Trinajstić information content (AvgIpc) is 2.23. The van der Waals surface area contributed by atoms with Crippen molar-refractivity contribution in [1.29, 1.82) is 0 Å². The van der Waals surface area contributed by atoms with Crippen molar-refractivity contribution >= 4 is 21.7 Å². The molecule has 2 heteroatoms. The molecule has 0 N–H and O–H groups in total. The van der Waals surface area contributed by atoms with Gasteiger partial charge in [0, 0.05) is 16.0 Å². The van der Waals surface area contributed by atoms with E-state index >= 15 is 0 Å². The molecule has 0 radical (unpaired) electrons. The van der Waals surface area contributed by atoms with Crippen LogP contribution in [0.3, 0.4) is 0 Å². The van der Waals surface area contributed by atoms with Crippen LogP contribution in [-0.4, -0.2) is 5.78 Å². The highest BCUT2D eigenvalue weighted by atomic mass is 79.9. The van der Waals surface area contributed by atoms with Crippen LogP contribution >= 0.6 is 15.9 Å². The quantitative estimate of drug-likeness (QED) is 0.741. The molecule has 0 aliphatic rings. The van der Waals surface area contributed by atoms with Crippen molar-refractivity contribution in [3.63, 3.8) is 0 Å². The number of Topliss-reactive ketones (excluding diaryl/α,β-unsaturated/α-hetero) is 1. The Morgan fingerprint density at radius 2 is 1.93 bits per heavy atom. The van der Waals surface area contributed by atoms with Crippen molar-refractivity contribution in [2.75, 3.05) is 0 Å². The summed E-state index contributed by atoms with van der Waals surface area (Å²) in [6, 6.07) is 5.85. The van der Waals surface area contributed by atoms with E-state index < -0.39 is 0 Å². The molecule has 1 rings (SSSR count). The van der Waals surface area contributed by atoms with Gasteiger partial charge in [-0.25, -0.2) is 0 Å². The fourth-order valence-corrected chi connectivity index (χ4v) is 2.18. The second-order valence-corrected chi connectivity index (χ2v) is 4.61. The highest BCUT2D eigenvalue weighted by Gasteiger charge is 2.18. The van der Waals surface area contributed by atoms with Gasteiger partial charge >= 0.3 is 0 Å². The summed E-state index contributed by atoms with van der Waals surface area (Å²) in [4.78, 5) is 12.1.